The summed E-state index contributed by atoms with van der Waals surface area (Å²) in [6.07, 6.45) is 3.61. The van der Waals surface area contributed by atoms with Gasteiger partial charge in [-0.05, 0) is 44.0 Å². The Labute approximate surface area is 266 Å². The van der Waals surface area contributed by atoms with E-state index in [1.54, 1.807) is 26.0 Å². The summed E-state index contributed by atoms with van der Waals surface area (Å²) in [6.45, 7) is 3.72. The molecule has 0 aliphatic carbocycles. The molecule has 0 unspecified atom stereocenters. The number of unbranched alkanes of at least 4 members (excludes halogenated alkanes) is 2. The number of rotatable bonds is 20. The zero-order chi connectivity index (χ0) is 34.2. The number of hydroxylamine groups is 2. The quantitative estimate of drug-likeness (QED) is 0.0464. The lowest BCUT2D eigenvalue weighted by Crippen LogP contribution is -2.47. The first-order chi connectivity index (χ1) is 22.0. The summed E-state index contributed by atoms with van der Waals surface area (Å²) in [7, 11) is 0. The van der Waals surface area contributed by atoms with Crippen LogP contribution in [0.25, 0.3) is 11.3 Å². The molecule has 15 nitrogen and oxygen atoms in total. The van der Waals surface area contributed by atoms with Crippen LogP contribution in [-0.4, -0.2) is 98.8 Å². The third-order valence-corrected chi connectivity index (χ3v) is 7.03. The molecule has 4 amide bonds. The molecule has 0 spiro atoms. The van der Waals surface area contributed by atoms with Crippen molar-refractivity contribution in [1.82, 2.24) is 25.6 Å². The molecule has 15 heteroatoms. The molecule has 1 heterocycles. The smallest absolute Gasteiger partial charge is 0.323 e. The van der Waals surface area contributed by atoms with Crippen LogP contribution in [0.15, 0.2) is 36.4 Å². The van der Waals surface area contributed by atoms with Gasteiger partial charge in [-0.25, -0.2) is 10.0 Å². The third-order valence-electron chi connectivity index (χ3n) is 7.03. The number of pyridine rings is 1. The van der Waals surface area contributed by atoms with Gasteiger partial charge in [0.05, 0.1) is 36.5 Å². The molecule has 0 aliphatic heterocycles. The van der Waals surface area contributed by atoms with Crippen LogP contribution in [-0.2, 0) is 19.2 Å². The highest BCUT2D eigenvalue weighted by Crippen LogP contribution is 2.28. The first-order valence-corrected chi connectivity index (χ1v) is 14.9. The van der Waals surface area contributed by atoms with E-state index in [-0.39, 0.29) is 36.7 Å². The number of hydrogen-bond donors (Lipinski definition) is 5. The highest BCUT2D eigenvalue weighted by molar-refractivity contribution is 6.00. The molecule has 0 saturated heterocycles. The van der Waals surface area contributed by atoms with Gasteiger partial charge in [0.1, 0.15) is 24.5 Å². The van der Waals surface area contributed by atoms with Crippen molar-refractivity contribution in [1.29, 1.82) is 0 Å². The van der Waals surface area contributed by atoms with E-state index in [9.17, 15) is 34.0 Å². The predicted molar refractivity (Wildman–Crippen MR) is 164 cm³/mol. The number of aromatic nitrogens is 1. The Hall–Kier alpha value is -5.05. The van der Waals surface area contributed by atoms with Crippen LogP contribution < -0.4 is 15.4 Å². The fraction of sp³-hybridized carbons (Fsp3) is 0.452. The summed E-state index contributed by atoms with van der Waals surface area (Å²) in [5.74, 6) is -5.24. The molecule has 2 rings (SSSR count). The average Bonchev–Trinajstić information content (AvgIpc) is 3.03. The second-order valence-electron chi connectivity index (χ2n) is 10.3. The lowest BCUT2D eigenvalue weighted by atomic mass is 9.90. The van der Waals surface area contributed by atoms with Gasteiger partial charge in [-0.3, -0.25) is 34.0 Å². The molecule has 1 aromatic heterocycles. The minimum Gasteiger partial charge on any atom is -0.493 e. The standard InChI is InChI=1S/C31H41N5O10/c1-4-7-8-10-21(25(5-2)36(45)19-37)29(42)32-18-33-30(43)24-12-9-11-23(34-24)20-13-14-22(26(15-20)46-6-3)31(44)35(16-27(38)39)17-28(40)41/h9,11-15,19,21,25,45H,4-8,10,16-18H2,1-3H3,(H,32,42)(H,33,43)(H,38,39)(H,40,41)/t21-,25-/m1/s1. The lowest BCUT2D eigenvalue weighted by molar-refractivity contribution is -0.168. The van der Waals surface area contributed by atoms with E-state index in [2.05, 4.69) is 15.6 Å². The largest absolute Gasteiger partial charge is 0.493 e. The van der Waals surface area contributed by atoms with Crippen molar-refractivity contribution in [3.8, 4) is 17.0 Å². The fourth-order valence-corrected chi connectivity index (χ4v) is 4.83. The highest BCUT2D eigenvalue weighted by atomic mass is 16.5. The average molecular weight is 644 g/mol. The molecule has 2 aromatic rings. The molecule has 1 aromatic carbocycles. The molecule has 2 atom stereocenters. The Bertz CT molecular complexity index is 1370. The number of nitrogens with one attached hydrogen (secondary N) is 2. The van der Waals surface area contributed by atoms with E-state index >= 15 is 0 Å². The maximum Gasteiger partial charge on any atom is 0.323 e. The molecule has 0 radical (unpaired) electrons. The second kappa shape index (κ2) is 18.7. The summed E-state index contributed by atoms with van der Waals surface area (Å²) >= 11 is 0. The Balaban J connectivity index is 2.21. The van der Waals surface area contributed by atoms with Crippen LogP contribution >= 0.6 is 0 Å². The number of carbonyl (C=O) groups excluding carboxylic acids is 4. The number of hydrogen-bond acceptors (Lipinski definition) is 9. The van der Waals surface area contributed by atoms with E-state index in [1.807, 2.05) is 6.92 Å². The van der Waals surface area contributed by atoms with E-state index < -0.39 is 54.7 Å². The van der Waals surface area contributed by atoms with Crippen LogP contribution in [0, 0.1) is 5.92 Å². The van der Waals surface area contributed by atoms with Crippen molar-refractivity contribution in [2.75, 3.05) is 26.4 Å². The van der Waals surface area contributed by atoms with Crippen molar-refractivity contribution in [2.24, 2.45) is 5.92 Å². The summed E-state index contributed by atoms with van der Waals surface area (Å²) in [4.78, 5) is 77.6. The number of ether oxygens (including phenoxy) is 1. The van der Waals surface area contributed by atoms with Gasteiger partial charge in [-0.2, -0.15) is 0 Å². The van der Waals surface area contributed by atoms with Crippen LogP contribution in [0.2, 0.25) is 0 Å². The SMILES string of the molecule is CCCCC[C@@H](C(=O)NCNC(=O)c1cccc(-c2ccc(C(=O)N(CC(=O)O)CC(=O)O)c(OCC)c2)n1)[C@@H](CC)N(O)C=O. The van der Waals surface area contributed by atoms with Gasteiger partial charge in [-0.1, -0.05) is 45.2 Å². The van der Waals surface area contributed by atoms with Crippen molar-refractivity contribution in [3.63, 3.8) is 0 Å². The monoisotopic (exact) mass is 643 g/mol. The molecule has 0 saturated carbocycles. The first-order valence-electron chi connectivity index (χ1n) is 14.9. The van der Waals surface area contributed by atoms with Crippen molar-refractivity contribution in [2.45, 2.75) is 58.9 Å². The molecule has 46 heavy (non-hydrogen) atoms. The number of carboxylic acid groups (broad SMARTS) is 2. The molecule has 0 bridgehead atoms. The van der Waals surface area contributed by atoms with Gasteiger partial charge in [0, 0.05) is 5.56 Å². The summed E-state index contributed by atoms with van der Waals surface area (Å²) in [5, 5.41) is 34.0. The van der Waals surface area contributed by atoms with Gasteiger partial charge < -0.3 is 30.5 Å². The third kappa shape index (κ3) is 10.8. The molecular weight excluding hydrogens is 602 g/mol. The minimum absolute atomic E-state index is 0.0207. The first kappa shape index (κ1) is 37.1. The summed E-state index contributed by atoms with van der Waals surface area (Å²) in [5.41, 5.74) is 0.763. The van der Waals surface area contributed by atoms with Gasteiger partial charge in [-0.15, -0.1) is 0 Å². The van der Waals surface area contributed by atoms with E-state index in [0.717, 1.165) is 19.3 Å². The minimum atomic E-state index is -1.38. The molecular formula is C31H41N5O10. The topological polar surface area (TPSA) is 216 Å². The predicted octanol–water partition coefficient (Wildman–Crippen LogP) is 2.38. The van der Waals surface area contributed by atoms with Crippen molar-refractivity contribution in [3.05, 3.63) is 47.7 Å². The fourth-order valence-electron chi connectivity index (χ4n) is 4.83. The molecule has 0 fully saturated rings. The van der Waals surface area contributed by atoms with Gasteiger partial charge >= 0.3 is 11.9 Å². The number of amides is 4. The zero-order valence-corrected chi connectivity index (χ0v) is 26.1. The number of carbonyl (C=O) groups is 6. The second-order valence-corrected chi connectivity index (χ2v) is 10.3. The molecule has 250 valence electrons. The Morgan fingerprint density at radius 3 is 2.26 bits per heavy atom. The maximum absolute atomic E-state index is 13.1. The number of aliphatic carboxylic acids is 2. The highest BCUT2D eigenvalue weighted by Gasteiger charge is 2.30. The van der Waals surface area contributed by atoms with Crippen molar-refractivity contribution < 1.29 is 48.9 Å². The molecule has 5 N–H and O–H groups in total. The van der Waals surface area contributed by atoms with Crippen LogP contribution in [0.3, 0.4) is 0 Å². The Morgan fingerprint density at radius 2 is 1.67 bits per heavy atom. The van der Waals surface area contributed by atoms with Crippen LogP contribution in [0.4, 0.5) is 0 Å². The van der Waals surface area contributed by atoms with E-state index in [4.69, 9.17) is 14.9 Å². The maximum atomic E-state index is 13.1. The van der Waals surface area contributed by atoms with Crippen molar-refractivity contribution >= 4 is 36.1 Å². The van der Waals surface area contributed by atoms with Crippen LogP contribution in [0.1, 0.15) is 73.7 Å². The number of carboxylic acids is 2. The normalized spacial score (nSPS) is 11.9. The molecule has 0 aliphatic rings. The number of nitrogens with zero attached hydrogens (tertiary/aromatic N) is 3. The zero-order valence-electron chi connectivity index (χ0n) is 26.1. The Morgan fingerprint density at radius 1 is 0.978 bits per heavy atom. The van der Waals surface area contributed by atoms with E-state index in [0.29, 0.717) is 34.1 Å². The lowest BCUT2D eigenvalue weighted by Gasteiger charge is -2.29. The number of benzene rings is 1. The summed E-state index contributed by atoms with van der Waals surface area (Å²) < 4.78 is 5.60. The van der Waals surface area contributed by atoms with Crippen LogP contribution in [0.5, 0.6) is 5.75 Å². The summed E-state index contributed by atoms with van der Waals surface area (Å²) in [6, 6.07) is 8.30. The van der Waals surface area contributed by atoms with E-state index in [1.165, 1.54) is 24.3 Å². The van der Waals surface area contributed by atoms with Gasteiger partial charge in [0.15, 0.2) is 0 Å². The van der Waals surface area contributed by atoms with Gasteiger partial charge in [0.25, 0.3) is 11.8 Å². The van der Waals surface area contributed by atoms with Gasteiger partial charge in [0.2, 0.25) is 12.3 Å². The Kier molecular flexibility index (Phi) is 15.1.